The van der Waals surface area contributed by atoms with Crippen molar-refractivity contribution in [3.8, 4) is 0 Å². The van der Waals surface area contributed by atoms with E-state index in [9.17, 15) is 4.79 Å². The minimum absolute atomic E-state index is 0.0254. The van der Waals surface area contributed by atoms with E-state index in [1.54, 1.807) is 0 Å². The van der Waals surface area contributed by atoms with Gasteiger partial charge in [0.1, 0.15) is 5.60 Å². The Labute approximate surface area is 84.7 Å². The molecule has 1 heterocycles. The molecule has 1 unspecified atom stereocenters. The number of esters is 1. The number of ether oxygens (including phenoxy) is 2. The largest absolute Gasteiger partial charge is 0.460 e. The van der Waals surface area contributed by atoms with Crippen molar-refractivity contribution >= 4 is 5.97 Å². The Bertz CT molecular complexity index is 210. The van der Waals surface area contributed by atoms with Crippen LogP contribution in [0.5, 0.6) is 0 Å². The molecule has 0 amide bonds. The summed E-state index contributed by atoms with van der Waals surface area (Å²) in [6.07, 6.45) is 0.360. The molecule has 1 aliphatic heterocycles. The van der Waals surface area contributed by atoms with Crippen molar-refractivity contribution in [2.45, 2.75) is 38.8 Å². The summed E-state index contributed by atoms with van der Waals surface area (Å²) in [6.45, 7) is 6.69. The number of carbonyl (C=O) groups excluding carboxylic acids is 1. The molecule has 4 nitrogen and oxygen atoms in total. The molecule has 0 radical (unpaired) electrons. The summed E-state index contributed by atoms with van der Waals surface area (Å²) >= 11 is 0. The van der Waals surface area contributed by atoms with Crippen LogP contribution in [0.2, 0.25) is 0 Å². The molecule has 2 N–H and O–H groups in total. The first-order valence-electron chi connectivity index (χ1n) is 4.93. The molecule has 0 bridgehead atoms. The zero-order valence-electron chi connectivity index (χ0n) is 9.08. The van der Waals surface area contributed by atoms with Gasteiger partial charge in [0.2, 0.25) is 0 Å². The number of nitrogens with two attached hydrogens (primary N) is 1. The molecule has 1 aliphatic rings. The standard InChI is InChI=1S/C10H19NO3/c1-10(2,3)14-9(12)4-7-5-13-6-8(7)11/h7-8H,4-6,11H2,1-3H3/t7?,8-/m1/s1. The maximum atomic E-state index is 11.4. The summed E-state index contributed by atoms with van der Waals surface area (Å²) in [4.78, 5) is 11.4. The predicted octanol–water partition coefficient (Wildman–Crippen LogP) is 0.692. The third-order valence-electron chi connectivity index (χ3n) is 2.10. The van der Waals surface area contributed by atoms with Crippen LogP contribution in [0.25, 0.3) is 0 Å². The highest BCUT2D eigenvalue weighted by molar-refractivity contribution is 5.70. The van der Waals surface area contributed by atoms with Crippen molar-refractivity contribution in [2.24, 2.45) is 11.7 Å². The molecule has 0 aromatic heterocycles. The normalized spacial score (nSPS) is 27.7. The van der Waals surface area contributed by atoms with E-state index in [-0.39, 0.29) is 17.9 Å². The van der Waals surface area contributed by atoms with Crippen LogP contribution in [0.15, 0.2) is 0 Å². The van der Waals surface area contributed by atoms with Crippen molar-refractivity contribution in [3.05, 3.63) is 0 Å². The van der Waals surface area contributed by atoms with E-state index in [0.717, 1.165) is 0 Å². The Morgan fingerprint density at radius 3 is 2.57 bits per heavy atom. The molecular weight excluding hydrogens is 182 g/mol. The van der Waals surface area contributed by atoms with Crippen LogP contribution in [0.3, 0.4) is 0 Å². The average Bonchev–Trinajstić information content (AvgIpc) is 2.32. The third kappa shape index (κ3) is 3.64. The first-order valence-corrected chi connectivity index (χ1v) is 4.93. The van der Waals surface area contributed by atoms with Gasteiger partial charge in [-0.05, 0) is 20.8 Å². The summed E-state index contributed by atoms with van der Waals surface area (Å²) < 4.78 is 10.4. The van der Waals surface area contributed by atoms with Crippen LogP contribution in [0.4, 0.5) is 0 Å². The van der Waals surface area contributed by atoms with E-state index >= 15 is 0 Å². The molecule has 2 atom stereocenters. The van der Waals surface area contributed by atoms with Crippen molar-refractivity contribution in [1.29, 1.82) is 0 Å². The lowest BCUT2D eigenvalue weighted by Gasteiger charge is -2.21. The molecule has 0 aliphatic carbocycles. The molecular formula is C10H19NO3. The van der Waals surface area contributed by atoms with E-state index in [2.05, 4.69) is 0 Å². The zero-order valence-corrected chi connectivity index (χ0v) is 9.08. The second-order valence-corrected chi connectivity index (χ2v) is 4.75. The van der Waals surface area contributed by atoms with E-state index in [1.807, 2.05) is 20.8 Å². The second kappa shape index (κ2) is 4.28. The summed E-state index contributed by atoms with van der Waals surface area (Å²) in [5, 5.41) is 0. The van der Waals surface area contributed by atoms with Gasteiger partial charge in [-0.25, -0.2) is 0 Å². The minimum Gasteiger partial charge on any atom is -0.460 e. The molecule has 4 heteroatoms. The average molecular weight is 201 g/mol. The molecule has 82 valence electrons. The second-order valence-electron chi connectivity index (χ2n) is 4.75. The summed E-state index contributed by atoms with van der Waals surface area (Å²) in [7, 11) is 0. The van der Waals surface area contributed by atoms with Crippen LogP contribution < -0.4 is 5.73 Å². The first-order chi connectivity index (χ1) is 6.38. The monoisotopic (exact) mass is 201 g/mol. The van der Waals surface area contributed by atoms with Crippen molar-refractivity contribution < 1.29 is 14.3 Å². The molecule has 0 saturated carbocycles. The molecule has 0 aromatic rings. The Morgan fingerprint density at radius 1 is 1.50 bits per heavy atom. The number of hydrogen-bond donors (Lipinski definition) is 1. The van der Waals surface area contributed by atoms with Gasteiger partial charge >= 0.3 is 5.97 Å². The van der Waals surface area contributed by atoms with E-state index in [1.165, 1.54) is 0 Å². The molecule has 0 aromatic carbocycles. The molecule has 1 rings (SSSR count). The van der Waals surface area contributed by atoms with Gasteiger partial charge < -0.3 is 15.2 Å². The van der Waals surface area contributed by atoms with Gasteiger partial charge in [0.05, 0.1) is 19.6 Å². The van der Waals surface area contributed by atoms with Crippen molar-refractivity contribution in [1.82, 2.24) is 0 Å². The lowest BCUT2D eigenvalue weighted by atomic mass is 10.0. The van der Waals surface area contributed by atoms with Gasteiger partial charge in [-0.2, -0.15) is 0 Å². The van der Waals surface area contributed by atoms with Gasteiger partial charge in [0, 0.05) is 12.0 Å². The Morgan fingerprint density at radius 2 is 2.14 bits per heavy atom. The molecule has 14 heavy (non-hydrogen) atoms. The first kappa shape index (κ1) is 11.5. The van der Waals surface area contributed by atoms with Crippen molar-refractivity contribution in [3.63, 3.8) is 0 Å². The van der Waals surface area contributed by atoms with Crippen LogP contribution in [0.1, 0.15) is 27.2 Å². The van der Waals surface area contributed by atoms with Gasteiger partial charge in [0.25, 0.3) is 0 Å². The van der Waals surface area contributed by atoms with Crippen LogP contribution in [-0.4, -0.2) is 30.8 Å². The molecule has 0 spiro atoms. The zero-order chi connectivity index (χ0) is 10.8. The van der Waals surface area contributed by atoms with Crippen LogP contribution in [0, 0.1) is 5.92 Å². The summed E-state index contributed by atoms with van der Waals surface area (Å²) in [5.41, 5.74) is 5.34. The van der Waals surface area contributed by atoms with Gasteiger partial charge in [-0.1, -0.05) is 0 Å². The minimum atomic E-state index is -0.416. The summed E-state index contributed by atoms with van der Waals surface area (Å²) in [6, 6.07) is -0.0254. The SMILES string of the molecule is CC(C)(C)OC(=O)CC1COC[C@H]1N. The lowest BCUT2D eigenvalue weighted by Crippen LogP contribution is -2.32. The fourth-order valence-corrected chi connectivity index (χ4v) is 1.42. The highest BCUT2D eigenvalue weighted by Crippen LogP contribution is 2.18. The fraction of sp³-hybridized carbons (Fsp3) is 0.900. The Kier molecular flexibility index (Phi) is 3.50. The van der Waals surface area contributed by atoms with Crippen molar-refractivity contribution in [2.75, 3.05) is 13.2 Å². The highest BCUT2D eigenvalue weighted by Gasteiger charge is 2.29. The lowest BCUT2D eigenvalue weighted by molar-refractivity contribution is -0.156. The maximum absolute atomic E-state index is 11.4. The summed E-state index contributed by atoms with van der Waals surface area (Å²) in [5.74, 6) is -0.0756. The smallest absolute Gasteiger partial charge is 0.306 e. The van der Waals surface area contributed by atoms with Gasteiger partial charge in [-0.3, -0.25) is 4.79 Å². The van der Waals surface area contributed by atoms with Crippen LogP contribution in [-0.2, 0) is 14.3 Å². The highest BCUT2D eigenvalue weighted by atomic mass is 16.6. The predicted molar refractivity (Wildman–Crippen MR) is 52.7 cm³/mol. The topological polar surface area (TPSA) is 61.5 Å². The van der Waals surface area contributed by atoms with E-state index in [4.69, 9.17) is 15.2 Å². The number of carbonyl (C=O) groups is 1. The number of hydrogen-bond acceptors (Lipinski definition) is 4. The Hall–Kier alpha value is -0.610. The quantitative estimate of drug-likeness (QED) is 0.668. The number of rotatable bonds is 2. The fourth-order valence-electron chi connectivity index (χ4n) is 1.42. The molecule has 1 fully saturated rings. The third-order valence-corrected chi connectivity index (χ3v) is 2.10. The maximum Gasteiger partial charge on any atom is 0.306 e. The van der Waals surface area contributed by atoms with E-state index in [0.29, 0.717) is 19.6 Å². The van der Waals surface area contributed by atoms with E-state index < -0.39 is 5.60 Å². The Balaban J connectivity index is 2.33. The van der Waals surface area contributed by atoms with Gasteiger partial charge in [0.15, 0.2) is 0 Å². The molecule has 1 saturated heterocycles. The van der Waals surface area contributed by atoms with Gasteiger partial charge in [-0.15, -0.1) is 0 Å². The van der Waals surface area contributed by atoms with Crippen LogP contribution >= 0.6 is 0 Å².